The molecule has 0 heterocycles. The molecule has 0 aliphatic heterocycles. The minimum absolute atomic E-state index is 0.0546. The van der Waals surface area contributed by atoms with Gasteiger partial charge in [0, 0.05) is 0 Å². The summed E-state index contributed by atoms with van der Waals surface area (Å²) in [5.41, 5.74) is 0. The Morgan fingerprint density at radius 2 is 1.29 bits per heavy atom. The van der Waals surface area contributed by atoms with Crippen LogP contribution in [0.3, 0.4) is 0 Å². The number of esters is 1. The maximum atomic E-state index is 12.1. The molecule has 0 aromatic rings. The molecule has 0 radical (unpaired) electrons. The van der Waals surface area contributed by atoms with E-state index in [0.717, 1.165) is 32.1 Å². The van der Waals surface area contributed by atoms with Crippen molar-refractivity contribution in [1.82, 2.24) is 0 Å². The van der Waals surface area contributed by atoms with Crippen LogP contribution in [0.25, 0.3) is 0 Å². The van der Waals surface area contributed by atoms with Crippen molar-refractivity contribution >= 4 is 5.97 Å². The molecular formula is C19H38O2. The van der Waals surface area contributed by atoms with Gasteiger partial charge in [-0.3, -0.25) is 4.79 Å². The molecule has 0 amide bonds. The molecule has 0 rings (SSSR count). The van der Waals surface area contributed by atoms with Crippen LogP contribution in [0.5, 0.6) is 0 Å². The Balaban J connectivity index is 3.62. The largest absolute Gasteiger partial charge is 0.465 e. The molecule has 0 aliphatic carbocycles. The molecule has 2 heteroatoms. The highest BCUT2D eigenvalue weighted by Crippen LogP contribution is 2.17. The van der Waals surface area contributed by atoms with Crippen LogP contribution in [0.2, 0.25) is 0 Å². The standard InChI is InChI=1S/C19H38O2/c1-4-7-9-10-11-12-14-17-21-19(20)18(15-6-3)16-13-8-5-2/h18H,4-17H2,1-3H3. The van der Waals surface area contributed by atoms with E-state index in [9.17, 15) is 4.79 Å². The monoisotopic (exact) mass is 298 g/mol. The summed E-state index contributed by atoms with van der Waals surface area (Å²) in [6, 6.07) is 0. The molecule has 0 bridgehead atoms. The number of hydrogen-bond acceptors (Lipinski definition) is 2. The summed E-state index contributed by atoms with van der Waals surface area (Å²) in [6.45, 7) is 7.22. The van der Waals surface area contributed by atoms with Crippen molar-refractivity contribution in [3.05, 3.63) is 0 Å². The molecule has 0 saturated carbocycles. The zero-order valence-corrected chi connectivity index (χ0v) is 14.8. The fourth-order valence-electron chi connectivity index (χ4n) is 2.72. The van der Waals surface area contributed by atoms with Gasteiger partial charge in [-0.05, 0) is 19.3 Å². The molecule has 0 aromatic carbocycles. The van der Waals surface area contributed by atoms with Crippen molar-refractivity contribution in [2.24, 2.45) is 5.92 Å². The third kappa shape index (κ3) is 12.9. The lowest BCUT2D eigenvalue weighted by Gasteiger charge is -2.15. The maximum Gasteiger partial charge on any atom is 0.308 e. The van der Waals surface area contributed by atoms with Gasteiger partial charge in [-0.2, -0.15) is 0 Å². The van der Waals surface area contributed by atoms with Gasteiger partial charge >= 0.3 is 5.97 Å². The van der Waals surface area contributed by atoms with Crippen LogP contribution in [0.15, 0.2) is 0 Å². The summed E-state index contributed by atoms with van der Waals surface area (Å²) in [5.74, 6) is 0.199. The molecule has 1 unspecified atom stereocenters. The van der Waals surface area contributed by atoms with E-state index in [1.54, 1.807) is 0 Å². The van der Waals surface area contributed by atoms with Crippen LogP contribution in [-0.2, 0) is 9.53 Å². The zero-order chi connectivity index (χ0) is 15.8. The lowest BCUT2D eigenvalue weighted by Crippen LogP contribution is -2.18. The van der Waals surface area contributed by atoms with Crippen LogP contribution in [0.1, 0.15) is 104 Å². The third-order valence-electron chi connectivity index (χ3n) is 4.12. The van der Waals surface area contributed by atoms with Gasteiger partial charge < -0.3 is 4.74 Å². The third-order valence-corrected chi connectivity index (χ3v) is 4.12. The first-order valence-electron chi connectivity index (χ1n) is 9.42. The van der Waals surface area contributed by atoms with E-state index in [1.165, 1.54) is 51.4 Å². The smallest absolute Gasteiger partial charge is 0.308 e. The van der Waals surface area contributed by atoms with Crippen LogP contribution >= 0.6 is 0 Å². The SMILES string of the molecule is CCCCCCCCCOC(=O)C(CCC)CCCCC. The Morgan fingerprint density at radius 1 is 0.714 bits per heavy atom. The fraction of sp³-hybridized carbons (Fsp3) is 0.947. The first-order chi connectivity index (χ1) is 10.3. The van der Waals surface area contributed by atoms with Gasteiger partial charge in [-0.15, -0.1) is 0 Å². The molecular weight excluding hydrogens is 260 g/mol. The summed E-state index contributed by atoms with van der Waals surface area (Å²) in [4.78, 5) is 12.1. The molecule has 2 nitrogen and oxygen atoms in total. The molecule has 0 fully saturated rings. The van der Waals surface area contributed by atoms with Gasteiger partial charge in [-0.25, -0.2) is 0 Å². The first kappa shape index (κ1) is 20.5. The van der Waals surface area contributed by atoms with Gasteiger partial charge in [0.05, 0.1) is 12.5 Å². The van der Waals surface area contributed by atoms with Gasteiger partial charge in [-0.1, -0.05) is 85.0 Å². The lowest BCUT2D eigenvalue weighted by molar-refractivity contribution is -0.149. The highest BCUT2D eigenvalue weighted by atomic mass is 16.5. The Labute approximate surface area is 133 Å². The van der Waals surface area contributed by atoms with E-state index in [1.807, 2.05) is 0 Å². The Kier molecular flexibility index (Phi) is 15.5. The van der Waals surface area contributed by atoms with Crippen LogP contribution in [0, 0.1) is 5.92 Å². The van der Waals surface area contributed by atoms with Crippen LogP contribution in [-0.4, -0.2) is 12.6 Å². The van der Waals surface area contributed by atoms with Gasteiger partial charge in [0.15, 0.2) is 0 Å². The predicted octanol–water partition coefficient (Wildman–Crippen LogP) is 6.28. The molecule has 0 aromatic heterocycles. The van der Waals surface area contributed by atoms with Crippen molar-refractivity contribution in [2.75, 3.05) is 6.61 Å². The number of carbonyl (C=O) groups excluding carboxylic acids is 1. The van der Waals surface area contributed by atoms with Crippen molar-refractivity contribution in [3.8, 4) is 0 Å². The normalized spacial score (nSPS) is 12.3. The quantitative estimate of drug-likeness (QED) is 0.263. The highest BCUT2D eigenvalue weighted by Gasteiger charge is 2.18. The average molecular weight is 299 g/mol. The Morgan fingerprint density at radius 3 is 1.90 bits per heavy atom. The fourth-order valence-corrected chi connectivity index (χ4v) is 2.72. The molecule has 0 spiro atoms. The van der Waals surface area contributed by atoms with E-state index in [0.29, 0.717) is 6.61 Å². The maximum absolute atomic E-state index is 12.1. The van der Waals surface area contributed by atoms with Gasteiger partial charge in [0.1, 0.15) is 0 Å². The van der Waals surface area contributed by atoms with E-state index in [-0.39, 0.29) is 11.9 Å². The molecule has 1 atom stereocenters. The van der Waals surface area contributed by atoms with Gasteiger partial charge in [0.2, 0.25) is 0 Å². The first-order valence-corrected chi connectivity index (χ1v) is 9.42. The van der Waals surface area contributed by atoms with Crippen LogP contribution < -0.4 is 0 Å². The molecule has 0 N–H and O–H groups in total. The summed E-state index contributed by atoms with van der Waals surface area (Å²) in [5, 5.41) is 0. The minimum Gasteiger partial charge on any atom is -0.465 e. The van der Waals surface area contributed by atoms with Crippen LogP contribution in [0.4, 0.5) is 0 Å². The van der Waals surface area contributed by atoms with E-state index >= 15 is 0 Å². The van der Waals surface area contributed by atoms with E-state index < -0.39 is 0 Å². The molecule has 126 valence electrons. The second-order valence-corrected chi connectivity index (χ2v) is 6.27. The second-order valence-electron chi connectivity index (χ2n) is 6.27. The number of hydrogen-bond donors (Lipinski definition) is 0. The topological polar surface area (TPSA) is 26.3 Å². The number of unbranched alkanes of at least 4 members (excludes halogenated alkanes) is 8. The van der Waals surface area contributed by atoms with Crippen molar-refractivity contribution in [3.63, 3.8) is 0 Å². The number of carbonyl (C=O) groups is 1. The highest BCUT2D eigenvalue weighted by molar-refractivity contribution is 5.72. The van der Waals surface area contributed by atoms with Gasteiger partial charge in [0.25, 0.3) is 0 Å². The number of ether oxygens (including phenoxy) is 1. The summed E-state index contributed by atoms with van der Waals surface area (Å²) in [7, 11) is 0. The van der Waals surface area contributed by atoms with E-state index in [4.69, 9.17) is 4.74 Å². The summed E-state index contributed by atoms with van der Waals surface area (Å²) >= 11 is 0. The summed E-state index contributed by atoms with van der Waals surface area (Å²) < 4.78 is 5.48. The van der Waals surface area contributed by atoms with Crippen molar-refractivity contribution < 1.29 is 9.53 Å². The zero-order valence-electron chi connectivity index (χ0n) is 14.8. The Hall–Kier alpha value is -0.530. The van der Waals surface area contributed by atoms with Crippen molar-refractivity contribution in [1.29, 1.82) is 0 Å². The molecule has 0 saturated heterocycles. The lowest BCUT2D eigenvalue weighted by atomic mass is 9.97. The Bertz CT molecular complexity index is 226. The second kappa shape index (κ2) is 15.9. The predicted molar refractivity (Wildman–Crippen MR) is 91.5 cm³/mol. The minimum atomic E-state index is 0.0546. The molecule has 21 heavy (non-hydrogen) atoms. The van der Waals surface area contributed by atoms with E-state index in [2.05, 4.69) is 20.8 Å². The summed E-state index contributed by atoms with van der Waals surface area (Å²) in [6.07, 6.45) is 15.5. The molecule has 0 aliphatic rings. The number of rotatable bonds is 15. The average Bonchev–Trinajstić information content (AvgIpc) is 2.49. The van der Waals surface area contributed by atoms with Crippen molar-refractivity contribution in [2.45, 2.75) is 104 Å².